The molecule has 0 saturated carbocycles. The van der Waals surface area contributed by atoms with Crippen LogP contribution in [0.3, 0.4) is 0 Å². The van der Waals surface area contributed by atoms with Gasteiger partial charge < -0.3 is 20.1 Å². The minimum absolute atomic E-state index is 0.130. The summed E-state index contributed by atoms with van der Waals surface area (Å²) in [5.74, 6) is 0.597. The number of aliphatic imine (C=N–C) groups is 1. The van der Waals surface area contributed by atoms with E-state index in [9.17, 15) is 0 Å². The lowest BCUT2D eigenvalue weighted by molar-refractivity contribution is -0.0149. The van der Waals surface area contributed by atoms with Crippen molar-refractivity contribution in [1.29, 1.82) is 0 Å². The van der Waals surface area contributed by atoms with Crippen molar-refractivity contribution in [3.8, 4) is 0 Å². The summed E-state index contributed by atoms with van der Waals surface area (Å²) in [4.78, 5) is 6.56. The number of hydrogen-bond acceptors (Lipinski definition) is 3. The first-order valence-corrected chi connectivity index (χ1v) is 7.78. The topological polar surface area (TPSA) is 60.1 Å². The number of guanidine groups is 1. The lowest BCUT2D eigenvalue weighted by Crippen LogP contribution is -2.44. The second-order valence-electron chi connectivity index (χ2n) is 6.49. The minimum atomic E-state index is -0.130. The van der Waals surface area contributed by atoms with E-state index in [2.05, 4.69) is 48.9 Å². The first-order valence-electron chi connectivity index (χ1n) is 7.78. The molecule has 1 aromatic carbocycles. The van der Waals surface area contributed by atoms with E-state index in [1.165, 1.54) is 0 Å². The predicted octanol–water partition coefficient (Wildman–Crippen LogP) is 2.15. The van der Waals surface area contributed by atoms with E-state index < -0.39 is 0 Å². The van der Waals surface area contributed by atoms with Crippen molar-refractivity contribution < 1.29 is 9.47 Å². The van der Waals surface area contributed by atoms with Crippen LogP contribution in [0.2, 0.25) is 0 Å². The van der Waals surface area contributed by atoms with Crippen molar-refractivity contribution in [1.82, 2.24) is 4.90 Å². The molecule has 0 atom stereocenters. The molecule has 2 N–H and O–H groups in total. The molecule has 1 saturated heterocycles. The van der Waals surface area contributed by atoms with Crippen LogP contribution in [0.25, 0.3) is 0 Å². The third-order valence-electron chi connectivity index (χ3n) is 3.42. The average Bonchev–Trinajstić information content (AvgIpc) is 2.51. The van der Waals surface area contributed by atoms with Gasteiger partial charge in [-0.2, -0.15) is 0 Å². The lowest BCUT2D eigenvalue weighted by atomic mass is 10.1. The van der Waals surface area contributed by atoms with E-state index in [1.807, 2.05) is 6.07 Å². The highest BCUT2D eigenvalue weighted by molar-refractivity contribution is 5.78. The Labute approximate surface area is 133 Å². The first kappa shape index (κ1) is 16.8. The SMILES string of the molecule is CC(C)(C)OCc1cccc(CN=C(N)N2CCOCC2)c1. The monoisotopic (exact) mass is 305 g/mol. The van der Waals surface area contributed by atoms with Gasteiger partial charge in [-0.25, -0.2) is 4.99 Å². The Morgan fingerprint density at radius 3 is 2.64 bits per heavy atom. The van der Waals surface area contributed by atoms with Crippen LogP contribution < -0.4 is 5.73 Å². The molecule has 5 heteroatoms. The number of ether oxygens (including phenoxy) is 2. The summed E-state index contributed by atoms with van der Waals surface area (Å²) in [6, 6.07) is 8.31. The van der Waals surface area contributed by atoms with Crippen LogP contribution in [0, 0.1) is 0 Å². The van der Waals surface area contributed by atoms with Gasteiger partial charge in [-0.3, -0.25) is 0 Å². The van der Waals surface area contributed by atoms with Crippen LogP contribution in [0.4, 0.5) is 0 Å². The van der Waals surface area contributed by atoms with Crippen molar-refractivity contribution in [2.75, 3.05) is 26.3 Å². The average molecular weight is 305 g/mol. The Hall–Kier alpha value is -1.59. The molecule has 1 fully saturated rings. The van der Waals surface area contributed by atoms with E-state index in [0.29, 0.717) is 19.1 Å². The summed E-state index contributed by atoms with van der Waals surface area (Å²) in [5, 5.41) is 0. The molecule has 1 aliphatic heterocycles. The Bertz CT molecular complexity index is 503. The number of benzene rings is 1. The number of nitrogens with two attached hydrogens (primary N) is 1. The molecule has 0 radical (unpaired) electrons. The fourth-order valence-electron chi connectivity index (χ4n) is 2.18. The molecule has 0 unspecified atom stereocenters. The van der Waals surface area contributed by atoms with Gasteiger partial charge in [0.05, 0.1) is 32.0 Å². The van der Waals surface area contributed by atoms with Crippen molar-refractivity contribution in [2.24, 2.45) is 10.7 Å². The highest BCUT2D eigenvalue weighted by atomic mass is 16.5. The Kier molecular flexibility index (Phi) is 5.80. The normalized spacial score (nSPS) is 16.9. The predicted molar refractivity (Wildman–Crippen MR) is 88.7 cm³/mol. The van der Waals surface area contributed by atoms with Crippen LogP contribution >= 0.6 is 0 Å². The van der Waals surface area contributed by atoms with Gasteiger partial charge >= 0.3 is 0 Å². The molecule has 1 aliphatic rings. The summed E-state index contributed by atoms with van der Waals surface area (Å²) in [6.45, 7) is 10.4. The summed E-state index contributed by atoms with van der Waals surface area (Å²) in [7, 11) is 0. The maximum absolute atomic E-state index is 6.05. The van der Waals surface area contributed by atoms with Crippen molar-refractivity contribution in [3.05, 3.63) is 35.4 Å². The first-order chi connectivity index (χ1) is 10.4. The van der Waals surface area contributed by atoms with E-state index in [-0.39, 0.29) is 5.60 Å². The largest absolute Gasteiger partial charge is 0.378 e. The second-order valence-corrected chi connectivity index (χ2v) is 6.49. The molecule has 0 aliphatic carbocycles. The van der Waals surface area contributed by atoms with Gasteiger partial charge in [-0.15, -0.1) is 0 Å². The van der Waals surface area contributed by atoms with Crippen LogP contribution in [-0.4, -0.2) is 42.8 Å². The third-order valence-corrected chi connectivity index (χ3v) is 3.42. The summed E-state index contributed by atoms with van der Waals surface area (Å²) in [6.07, 6.45) is 0. The standard InChI is InChI=1S/C17H27N3O2/c1-17(2,3)22-13-15-6-4-5-14(11-15)12-19-16(18)20-7-9-21-10-8-20/h4-6,11H,7-10,12-13H2,1-3H3,(H2,18,19). The van der Waals surface area contributed by atoms with E-state index in [1.54, 1.807) is 0 Å². The zero-order chi connectivity index (χ0) is 16.0. The second kappa shape index (κ2) is 7.61. The van der Waals surface area contributed by atoms with Crippen molar-refractivity contribution >= 4 is 5.96 Å². The van der Waals surface area contributed by atoms with Gasteiger partial charge in [0, 0.05) is 13.1 Å². The Balaban J connectivity index is 1.92. The highest BCUT2D eigenvalue weighted by Crippen LogP contribution is 2.13. The molecule has 0 spiro atoms. The molecule has 1 heterocycles. The number of hydrogen-bond donors (Lipinski definition) is 1. The summed E-state index contributed by atoms with van der Waals surface area (Å²) in [5.41, 5.74) is 8.22. The third kappa shape index (κ3) is 5.66. The maximum Gasteiger partial charge on any atom is 0.191 e. The summed E-state index contributed by atoms with van der Waals surface area (Å²) < 4.78 is 11.1. The van der Waals surface area contributed by atoms with Gasteiger partial charge in [0.1, 0.15) is 0 Å². The van der Waals surface area contributed by atoms with Gasteiger partial charge in [0.15, 0.2) is 5.96 Å². The molecular weight excluding hydrogens is 278 g/mol. The van der Waals surface area contributed by atoms with Crippen LogP contribution in [0.5, 0.6) is 0 Å². The zero-order valence-corrected chi connectivity index (χ0v) is 13.8. The minimum Gasteiger partial charge on any atom is -0.378 e. The molecule has 5 nitrogen and oxygen atoms in total. The number of morpholine rings is 1. The van der Waals surface area contributed by atoms with Gasteiger partial charge in [0.2, 0.25) is 0 Å². The van der Waals surface area contributed by atoms with E-state index >= 15 is 0 Å². The van der Waals surface area contributed by atoms with E-state index in [4.69, 9.17) is 15.2 Å². The van der Waals surface area contributed by atoms with Gasteiger partial charge in [-0.05, 0) is 31.9 Å². The smallest absolute Gasteiger partial charge is 0.191 e. The number of rotatable bonds is 4. The van der Waals surface area contributed by atoms with Crippen LogP contribution in [0.15, 0.2) is 29.3 Å². The fraction of sp³-hybridized carbons (Fsp3) is 0.588. The molecule has 2 rings (SSSR count). The number of nitrogens with zero attached hydrogens (tertiary/aromatic N) is 2. The Morgan fingerprint density at radius 2 is 1.95 bits per heavy atom. The van der Waals surface area contributed by atoms with Crippen LogP contribution in [0.1, 0.15) is 31.9 Å². The van der Waals surface area contributed by atoms with Crippen molar-refractivity contribution in [2.45, 2.75) is 39.5 Å². The quantitative estimate of drug-likeness (QED) is 0.684. The highest BCUT2D eigenvalue weighted by Gasteiger charge is 2.12. The summed E-state index contributed by atoms with van der Waals surface area (Å²) >= 11 is 0. The molecule has 1 aromatic rings. The van der Waals surface area contributed by atoms with Gasteiger partial charge in [0.25, 0.3) is 0 Å². The lowest BCUT2D eigenvalue weighted by Gasteiger charge is -2.27. The fourth-order valence-corrected chi connectivity index (χ4v) is 2.18. The molecule has 0 amide bonds. The van der Waals surface area contributed by atoms with Gasteiger partial charge in [-0.1, -0.05) is 24.3 Å². The van der Waals surface area contributed by atoms with E-state index in [0.717, 1.165) is 37.4 Å². The molecule has 0 bridgehead atoms. The molecular formula is C17H27N3O2. The Morgan fingerprint density at radius 1 is 1.27 bits per heavy atom. The molecule has 22 heavy (non-hydrogen) atoms. The zero-order valence-electron chi connectivity index (χ0n) is 13.8. The maximum atomic E-state index is 6.05. The van der Waals surface area contributed by atoms with Crippen LogP contribution in [-0.2, 0) is 22.6 Å². The molecule has 122 valence electrons. The van der Waals surface area contributed by atoms with Crippen molar-refractivity contribution in [3.63, 3.8) is 0 Å². The molecule has 0 aromatic heterocycles.